The smallest absolute Gasteiger partial charge is 0.163 e. The predicted molar refractivity (Wildman–Crippen MR) is 84.8 cm³/mol. The lowest BCUT2D eigenvalue weighted by Crippen LogP contribution is -2.38. The fourth-order valence-corrected chi connectivity index (χ4v) is 3.39. The lowest BCUT2D eigenvalue weighted by molar-refractivity contribution is 0.170. The monoisotopic (exact) mass is 308 g/mol. The van der Waals surface area contributed by atoms with Gasteiger partial charge in [-0.2, -0.15) is 0 Å². The molecule has 1 heterocycles. The first-order valence-corrected chi connectivity index (χ1v) is 7.86. The average molecular weight is 309 g/mol. The first kappa shape index (κ1) is 14.5. The SMILES string of the molecule is COc1cc2nc(CCCl)n(C3(C)CCC3)c2cc1OC. The van der Waals surface area contributed by atoms with Crippen LogP contribution in [0.3, 0.4) is 0 Å². The molecule has 1 saturated carbocycles. The maximum absolute atomic E-state index is 5.96. The summed E-state index contributed by atoms with van der Waals surface area (Å²) in [6.07, 6.45) is 4.41. The van der Waals surface area contributed by atoms with E-state index in [0.29, 0.717) is 11.6 Å². The first-order chi connectivity index (χ1) is 10.1. The standard InChI is InChI=1S/C16H21ClN2O2/c1-16(6-4-7-16)19-12-10-14(21-3)13(20-2)9-11(12)18-15(19)5-8-17/h9-10H,4-8H2,1-3H3. The van der Waals surface area contributed by atoms with E-state index < -0.39 is 0 Å². The van der Waals surface area contributed by atoms with E-state index in [0.717, 1.165) is 29.0 Å². The van der Waals surface area contributed by atoms with Gasteiger partial charge in [-0.1, -0.05) is 0 Å². The molecular weight excluding hydrogens is 288 g/mol. The molecule has 114 valence electrons. The topological polar surface area (TPSA) is 36.3 Å². The summed E-state index contributed by atoms with van der Waals surface area (Å²) in [5.74, 6) is 3.09. The summed E-state index contributed by atoms with van der Waals surface area (Å²) in [5.41, 5.74) is 2.20. The van der Waals surface area contributed by atoms with Crippen LogP contribution in [0.25, 0.3) is 11.0 Å². The summed E-state index contributed by atoms with van der Waals surface area (Å²) in [5, 5.41) is 0. The first-order valence-electron chi connectivity index (χ1n) is 7.33. The minimum atomic E-state index is 0.149. The minimum Gasteiger partial charge on any atom is -0.493 e. The summed E-state index contributed by atoms with van der Waals surface area (Å²) >= 11 is 5.96. The number of alkyl halides is 1. The number of ether oxygens (including phenoxy) is 2. The van der Waals surface area contributed by atoms with Gasteiger partial charge in [0.2, 0.25) is 0 Å². The van der Waals surface area contributed by atoms with Crippen LogP contribution in [-0.2, 0) is 12.0 Å². The van der Waals surface area contributed by atoms with Gasteiger partial charge in [-0.05, 0) is 26.2 Å². The van der Waals surface area contributed by atoms with Gasteiger partial charge < -0.3 is 14.0 Å². The van der Waals surface area contributed by atoms with Gasteiger partial charge in [-0.15, -0.1) is 11.6 Å². The summed E-state index contributed by atoms with van der Waals surface area (Å²) in [6.45, 7) is 2.30. The molecule has 0 spiro atoms. The van der Waals surface area contributed by atoms with E-state index in [4.69, 9.17) is 26.1 Å². The molecule has 1 fully saturated rings. The Morgan fingerprint density at radius 1 is 1.24 bits per heavy atom. The van der Waals surface area contributed by atoms with E-state index >= 15 is 0 Å². The third-order valence-corrected chi connectivity index (χ3v) is 4.71. The van der Waals surface area contributed by atoms with Gasteiger partial charge in [-0.3, -0.25) is 0 Å². The van der Waals surface area contributed by atoms with E-state index in [1.165, 1.54) is 19.3 Å². The molecule has 1 aromatic carbocycles. The molecule has 0 atom stereocenters. The largest absolute Gasteiger partial charge is 0.493 e. The number of methoxy groups -OCH3 is 2. The van der Waals surface area contributed by atoms with Gasteiger partial charge in [0.1, 0.15) is 5.82 Å². The number of fused-ring (bicyclic) bond motifs is 1. The average Bonchev–Trinajstić information content (AvgIpc) is 2.80. The van der Waals surface area contributed by atoms with Gasteiger partial charge in [0.15, 0.2) is 11.5 Å². The Morgan fingerprint density at radius 3 is 2.43 bits per heavy atom. The van der Waals surface area contributed by atoms with Crippen molar-refractivity contribution in [2.75, 3.05) is 20.1 Å². The molecule has 0 unspecified atom stereocenters. The molecule has 5 heteroatoms. The van der Waals surface area contributed by atoms with Crippen LogP contribution in [0.5, 0.6) is 11.5 Å². The number of imidazole rings is 1. The van der Waals surface area contributed by atoms with Gasteiger partial charge in [-0.25, -0.2) is 4.98 Å². The van der Waals surface area contributed by atoms with Crippen molar-refractivity contribution >= 4 is 22.6 Å². The molecule has 1 aliphatic carbocycles. The van der Waals surface area contributed by atoms with E-state index in [-0.39, 0.29) is 5.54 Å². The second-order valence-electron chi connectivity index (χ2n) is 5.85. The van der Waals surface area contributed by atoms with Gasteiger partial charge in [0.05, 0.1) is 25.3 Å². The van der Waals surface area contributed by atoms with Crippen LogP contribution in [0.2, 0.25) is 0 Å². The van der Waals surface area contributed by atoms with Crippen LogP contribution >= 0.6 is 11.6 Å². The molecule has 0 N–H and O–H groups in total. The molecule has 0 amide bonds. The van der Waals surface area contributed by atoms with E-state index in [2.05, 4.69) is 11.5 Å². The number of hydrogen-bond donors (Lipinski definition) is 0. The molecule has 1 aromatic heterocycles. The number of rotatable bonds is 5. The quantitative estimate of drug-likeness (QED) is 0.790. The van der Waals surface area contributed by atoms with Crippen molar-refractivity contribution in [3.05, 3.63) is 18.0 Å². The highest BCUT2D eigenvalue weighted by atomic mass is 35.5. The zero-order valence-corrected chi connectivity index (χ0v) is 13.5. The van der Waals surface area contributed by atoms with Crippen molar-refractivity contribution in [2.24, 2.45) is 0 Å². The maximum atomic E-state index is 5.96. The van der Waals surface area contributed by atoms with Crippen LogP contribution in [0, 0.1) is 0 Å². The highest BCUT2D eigenvalue weighted by Crippen LogP contribution is 2.43. The lowest BCUT2D eigenvalue weighted by atomic mass is 9.78. The highest BCUT2D eigenvalue weighted by Gasteiger charge is 2.36. The Kier molecular flexibility index (Phi) is 3.74. The number of halogens is 1. The normalized spacial score (nSPS) is 16.8. The second kappa shape index (κ2) is 5.41. The fraction of sp³-hybridized carbons (Fsp3) is 0.562. The Morgan fingerprint density at radius 2 is 1.90 bits per heavy atom. The zero-order valence-electron chi connectivity index (χ0n) is 12.8. The molecule has 21 heavy (non-hydrogen) atoms. The van der Waals surface area contributed by atoms with Gasteiger partial charge in [0.25, 0.3) is 0 Å². The van der Waals surface area contributed by atoms with Crippen molar-refractivity contribution in [1.82, 2.24) is 9.55 Å². The fourth-order valence-electron chi connectivity index (χ4n) is 3.22. The second-order valence-corrected chi connectivity index (χ2v) is 6.23. The molecule has 0 radical (unpaired) electrons. The van der Waals surface area contributed by atoms with Gasteiger partial charge >= 0.3 is 0 Å². The minimum absolute atomic E-state index is 0.149. The molecule has 3 rings (SSSR count). The summed E-state index contributed by atoms with van der Waals surface area (Å²) < 4.78 is 13.2. The van der Waals surface area contributed by atoms with E-state index in [1.54, 1.807) is 14.2 Å². The molecule has 0 aliphatic heterocycles. The maximum Gasteiger partial charge on any atom is 0.163 e. The zero-order chi connectivity index (χ0) is 15.0. The third-order valence-electron chi connectivity index (χ3n) is 4.52. The van der Waals surface area contributed by atoms with Crippen LogP contribution in [0.15, 0.2) is 12.1 Å². The van der Waals surface area contributed by atoms with Crippen molar-refractivity contribution in [1.29, 1.82) is 0 Å². The highest BCUT2D eigenvalue weighted by molar-refractivity contribution is 6.17. The number of aryl methyl sites for hydroxylation is 1. The van der Waals surface area contributed by atoms with Crippen LogP contribution < -0.4 is 9.47 Å². The van der Waals surface area contributed by atoms with Crippen LogP contribution in [0.1, 0.15) is 32.0 Å². The number of aromatic nitrogens is 2. The molecule has 0 saturated heterocycles. The molecule has 2 aromatic rings. The summed E-state index contributed by atoms with van der Waals surface area (Å²) in [4.78, 5) is 4.78. The molecule has 4 nitrogen and oxygen atoms in total. The van der Waals surface area contributed by atoms with Crippen LogP contribution in [-0.4, -0.2) is 29.7 Å². The van der Waals surface area contributed by atoms with E-state index in [9.17, 15) is 0 Å². The Hall–Kier alpha value is -1.42. The summed E-state index contributed by atoms with van der Waals surface area (Å²) in [7, 11) is 3.31. The predicted octanol–water partition coefficient (Wildman–Crippen LogP) is 3.73. The number of benzene rings is 1. The Balaban J connectivity index is 2.23. The molecular formula is C16H21ClN2O2. The van der Waals surface area contributed by atoms with Gasteiger partial charge in [0, 0.05) is 30.0 Å². The van der Waals surface area contributed by atoms with Crippen molar-refractivity contribution in [3.8, 4) is 11.5 Å². The van der Waals surface area contributed by atoms with Crippen LogP contribution in [0.4, 0.5) is 0 Å². The Labute approximate surface area is 130 Å². The van der Waals surface area contributed by atoms with Crippen molar-refractivity contribution in [3.63, 3.8) is 0 Å². The summed E-state index contributed by atoms with van der Waals surface area (Å²) in [6, 6.07) is 3.98. The van der Waals surface area contributed by atoms with Crippen molar-refractivity contribution in [2.45, 2.75) is 38.1 Å². The van der Waals surface area contributed by atoms with Crippen molar-refractivity contribution < 1.29 is 9.47 Å². The molecule has 1 aliphatic rings. The lowest BCUT2D eigenvalue weighted by Gasteiger charge is -2.41. The third kappa shape index (κ3) is 2.26. The Bertz CT molecular complexity index is 662. The van der Waals surface area contributed by atoms with E-state index in [1.807, 2.05) is 12.1 Å². The molecule has 0 bridgehead atoms. The number of nitrogens with zero attached hydrogens (tertiary/aromatic N) is 2. The number of hydrogen-bond acceptors (Lipinski definition) is 3.